The SMILES string of the molecule is Cn1c(=O)c(-c2ccccc2Cl)cc2cnc(NC3CCC(=O)CC3)nc21.Cn1c(=O)c(-c2ccccc2Cl)cc2cnc(NC3CCC4(CC3)OCCCO4)nc21. The van der Waals surface area contributed by atoms with Gasteiger partial charge in [0.05, 0.1) is 13.2 Å². The van der Waals surface area contributed by atoms with Gasteiger partial charge >= 0.3 is 0 Å². The van der Waals surface area contributed by atoms with Gasteiger partial charge in [-0.2, -0.15) is 9.97 Å². The van der Waals surface area contributed by atoms with Crippen LogP contribution in [-0.4, -0.2) is 65.9 Å². The molecule has 0 unspecified atom stereocenters. The lowest BCUT2D eigenvalue weighted by Gasteiger charge is -2.42. The molecule has 1 aliphatic heterocycles. The molecule has 9 rings (SSSR count). The molecule has 0 bridgehead atoms. The highest BCUT2D eigenvalue weighted by Gasteiger charge is 2.39. The number of rotatable bonds is 6. The van der Waals surface area contributed by atoms with Crippen molar-refractivity contribution < 1.29 is 14.3 Å². The predicted octanol–water partition coefficient (Wildman–Crippen LogP) is 7.71. The van der Waals surface area contributed by atoms with Gasteiger partial charge in [0.2, 0.25) is 11.9 Å². The molecule has 1 saturated heterocycles. The molecule has 2 saturated carbocycles. The third-order valence-corrected chi connectivity index (χ3v) is 11.9. The molecule has 13 nitrogen and oxygen atoms in total. The number of aryl methyl sites for hydroxylation is 2. The Morgan fingerprint density at radius 2 is 1.10 bits per heavy atom. The highest BCUT2D eigenvalue weighted by atomic mass is 35.5. The van der Waals surface area contributed by atoms with Crippen LogP contribution in [0.2, 0.25) is 10.0 Å². The number of carbonyl (C=O) groups excluding carboxylic acids is 1. The maximum atomic E-state index is 13.0. The molecule has 5 heterocycles. The minimum absolute atomic E-state index is 0.142. The average molecular weight is 824 g/mol. The van der Waals surface area contributed by atoms with E-state index in [4.69, 9.17) is 32.7 Å². The summed E-state index contributed by atoms with van der Waals surface area (Å²) in [5.41, 5.74) is 3.29. The van der Waals surface area contributed by atoms with Crippen molar-refractivity contribution in [3.05, 3.63) is 104 Å². The summed E-state index contributed by atoms with van der Waals surface area (Å²) in [4.78, 5) is 55.3. The second-order valence-electron chi connectivity index (χ2n) is 15.1. The van der Waals surface area contributed by atoms with E-state index < -0.39 is 5.79 Å². The number of halogens is 2. The standard InChI is InChI=1S/C23H25ClN4O3.C20H19ClN4O2/c1-28-20-15(13-18(21(28)29)17-5-2-3-6-19(17)24)14-25-22(27-20)26-16-7-9-23(10-8-16)30-11-4-12-31-23;1-25-18-12(10-16(19(25)27)15-4-2-3-5-17(15)21)11-22-20(24-18)23-13-6-8-14(26)9-7-13/h2-3,5-6,13-14,16H,4,7-12H2,1H3,(H,25,26,27);2-5,10-11,13H,6-9H2,1H3,(H,22,23,24). The second kappa shape index (κ2) is 16.9. The van der Waals surface area contributed by atoms with Gasteiger partial charge < -0.3 is 20.1 Å². The Morgan fingerprint density at radius 1 is 0.655 bits per heavy atom. The van der Waals surface area contributed by atoms with E-state index in [1.54, 1.807) is 49.3 Å². The lowest BCUT2D eigenvalue weighted by Crippen LogP contribution is -2.45. The summed E-state index contributed by atoms with van der Waals surface area (Å²) in [6.45, 7) is 1.55. The van der Waals surface area contributed by atoms with Crippen LogP contribution in [0.4, 0.5) is 11.9 Å². The summed E-state index contributed by atoms with van der Waals surface area (Å²) in [6, 6.07) is 18.6. The summed E-state index contributed by atoms with van der Waals surface area (Å²) < 4.78 is 14.9. The monoisotopic (exact) mass is 822 g/mol. The van der Waals surface area contributed by atoms with Gasteiger partial charge in [-0.3, -0.25) is 23.5 Å². The van der Waals surface area contributed by atoms with Gasteiger partial charge in [0, 0.05) is 107 Å². The van der Waals surface area contributed by atoms with Gasteiger partial charge in [0.15, 0.2) is 5.79 Å². The fourth-order valence-electron chi connectivity index (χ4n) is 7.93. The number of pyridine rings is 2. The number of ketones is 1. The summed E-state index contributed by atoms with van der Waals surface area (Å²) in [7, 11) is 3.42. The highest BCUT2D eigenvalue weighted by molar-refractivity contribution is 6.33. The molecule has 3 fully saturated rings. The van der Waals surface area contributed by atoms with Gasteiger partial charge in [-0.15, -0.1) is 0 Å². The lowest BCUT2D eigenvalue weighted by molar-refractivity contribution is -0.280. The van der Waals surface area contributed by atoms with E-state index in [0.29, 0.717) is 74.1 Å². The van der Waals surface area contributed by atoms with Crippen molar-refractivity contribution in [2.45, 2.75) is 75.7 Å². The quantitative estimate of drug-likeness (QED) is 0.170. The first kappa shape index (κ1) is 39.6. The van der Waals surface area contributed by atoms with E-state index in [-0.39, 0.29) is 23.2 Å². The third kappa shape index (κ3) is 8.35. The third-order valence-electron chi connectivity index (χ3n) is 11.2. The zero-order valence-electron chi connectivity index (χ0n) is 32.3. The zero-order valence-corrected chi connectivity index (χ0v) is 33.9. The number of benzene rings is 2. The Bertz CT molecular complexity index is 2610. The molecule has 0 amide bonds. The summed E-state index contributed by atoms with van der Waals surface area (Å²) in [5, 5.41) is 9.33. The molecule has 0 atom stereocenters. The van der Waals surface area contributed by atoms with Crippen molar-refractivity contribution in [1.82, 2.24) is 29.1 Å². The molecule has 300 valence electrons. The maximum absolute atomic E-state index is 13.0. The topological polar surface area (TPSA) is 155 Å². The summed E-state index contributed by atoms with van der Waals surface area (Å²) in [5.74, 6) is 0.906. The Balaban J connectivity index is 0.000000164. The minimum atomic E-state index is -0.403. The number of aromatic nitrogens is 6. The van der Waals surface area contributed by atoms with E-state index >= 15 is 0 Å². The largest absolute Gasteiger partial charge is 0.351 e. The Hall–Kier alpha value is -5.21. The Labute approximate surface area is 344 Å². The van der Waals surface area contributed by atoms with Crippen molar-refractivity contribution >= 4 is 62.9 Å². The van der Waals surface area contributed by atoms with Crippen LogP contribution in [0, 0.1) is 0 Å². The van der Waals surface area contributed by atoms with Crippen molar-refractivity contribution in [1.29, 1.82) is 0 Å². The first-order valence-corrected chi connectivity index (χ1v) is 20.4. The second-order valence-corrected chi connectivity index (χ2v) is 15.9. The van der Waals surface area contributed by atoms with Gasteiger partial charge in [-0.1, -0.05) is 59.6 Å². The van der Waals surface area contributed by atoms with Crippen molar-refractivity contribution in [2.24, 2.45) is 14.1 Å². The average Bonchev–Trinajstić information content (AvgIpc) is 3.24. The summed E-state index contributed by atoms with van der Waals surface area (Å²) >= 11 is 12.6. The van der Waals surface area contributed by atoms with Crippen LogP contribution in [0.5, 0.6) is 0 Å². The number of hydrogen-bond acceptors (Lipinski definition) is 11. The first-order chi connectivity index (χ1) is 28.1. The Kier molecular flexibility index (Phi) is 11.6. The van der Waals surface area contributed by atoms with Crippen LogP contribution >= 0.6 is 23.2 Å². The van der Waals surface area contributed by atoms with Crippen molar-refractivity contribution in [3.63, 3.8) is 0 Å². The fourth-order valence-corrected chi connectivity index (χ4v) is 8.41. The molecule has 15 heteroatoms. The van der Waals surface area contributed by atoms with Gasteiger partial charge in [-0.25, -0.2) is 9.97 Å². The number of fused-ring (bicyclic) bond motifs is 2. The van der Waals surface area contributed by atoms with Gasteiger partial charge in [-0.05, 0) is 56.4 Å². The molecular weight excluding hydrogens is 779 g/mol. The van der Waals surface area contributed by atoms with Crippen LogP contribution in [0.1, 0.15) is 57.8 Å². The molecule has 0 radical (unpaired) electrons. The number of anilines is 2. The van der Waals surface area contributed by atoms with E-state index in [0.717, 1.165) is 68.9 Å². The van der Waals surface area contributed by atoms with Crippen LogP contribution in [0.25, 0.3) is 44.3 Å². The van der Waals surface area contributed by atoms with Gasteiger partial charge in [0.1, 0.15) is 17.1 Å². The predicted molar refractivity (Wildman–Crippen MR) is 226 cm³/mol. The molecule has 58 heavy (non-hydrogen) atoms. The van der Waals surface area contributed by atoms with E-state index in [2.05, 4.69) is 30.6 Å². The molecular formula is C43H44Cl2N8O5. The van der Waals surface area contributed by atoms with Crippen LogP contribution in [0.15, 0.2) is 82.6 Å². The van der Waals surface area contributed by atoms with E-state index in [1.807, 2.05) is 42.5 Å². The zero-order chi connectivity index (χ0) is 40.4. The molecule has 2 N–H and O–H groups in total. The number of hydrogen-bond donors (Lipinski definition) is 2. The first-order valence-electron chi connectivity index (χ1n) is 19.6. The van der Waals surface area contributed by atoms with Crippen molar-refractivity contribution in [2.75, 3.05) is 23.8 Å². The van der Waals surface area contributed by atoms with Crippen LogP contribution in [0.3, 0.4) is 0 Å². The highest BCUT2D eigenvalue weighted by Crippen LogP contribution is 2.36. The number of carbonyl (C=O) groups is 1. The van der Waals surface area contributed by atoms with Gasteiger partial charge in [0.25, 0.3) is 11.1 Å². The lowest BCUT2D eigenvalue weighted by atomic mass is 9.89. The van der Waals surface area contributed by atoms with E-state index in [1.165, 1.54) is 4.57 Å². The molecule has 4 aromatic heterocycles. The summed E-state index contributed by atoms with van der Waals surface area (Å²) in [6.07, 6.45) is 10.7. The number of Topliss-reactive ketones (excluding diaryl/α,β-unsaturated/α-hetero) is 1. The van der Waals surface area contributed by atoms with Crippen molar-refractivity contribution in [3.8, 4) is 22.3 Å². The molecule has 2 aromatic carbocycles. The van der Waals surface area contributed by atoms with Crippen LogP contribution in [-0.2, 0) is 28.4 Å². The normalized spacial score (nSPS) is 17.3. The fraction of sp³-hybridized carbons (Fsp3) is 0.372. The molecule has 3 aliphatic rings. The maximum Gasteiger partial charge on any atom is 0.259 e. The Morgan fingerprint density at radius 3 is 1.57 bits per heavy atom. The smallest absolute Gasteiger partial charge is 0.259 e. The van der Waals surface area contributed by atoms with Crippen LogP contribution < -0.4 is 21.8 Å². The number of nitrogens with one attached hydrogen (secondary N) is 2. The van der Waals surface area contributed by atoms with E-state index in [9.17, 15) is 14.4 Å². The molecule has 2 aliphatic carbocycles. The number of ether oxygens (including phenoxy) is 2. The minimum Gasteiger partial charge on any atom is -0.351 e. The molecule has 1 spiro atoms. The molecule has 6 aromatic rings. The number of nitrogens with zero attached hydrogens (tertiary/aromatic N) is 6.